The molecule has 4 rings (SSSR count). The molecule has 2 heterocycles. The van der Waals surface area contributed by atoms with E-state index in [2.05, 4.69) is 9.72 Å². The Morgan fingerprint density at radius 3 is 2.65 bits per heavy atom. The Balaban J connectivity index is 1.46. The number of carbonyl (C=O) groups excluding carboxylic acids is 1. The van der Waals surface area contributed by atoms with E-state index in [1.807, 2.05) is 19.1 Å². The van der Waals surface area contributed by atoms with Crippen LogP contribution in [0.5, 0.6) is 11.5 Å². The summed E-state index contributed by atoms with van der Waals surface area (Å²) in [6.07, 6.45) is 1.28. The minimum Gasteiger partial charge on any atom is -0.490 e. The Labute approximate surface area is 177 Å². The Morgan fingerprint density at radius 1 is 1.06 bits per heavy atom. The van der Waals surface area contributed by atoms with Crippen LogP contribution in [0.3, 0.4) is 0 Å². The van der Waals surface area contributed by atoms with Gasteiger partial charge >= 0.3 is 5.97 Å². The van der Waals surface area contributed by atoms with Gasteiger partial charge < -0.3 is 23.0 Å². The third-order valence-corrected chi connectivity index (χ3v) is 4.67. The third kappa shape index (κ3) is 4.23. The monoisotopic (exact) mass is 425 g/mol. The van der Waals surface area contributed by atoms with Crippen molar-refractivity contribution >= 4 is 16.9 Å². The van der Waals surface area contributed by atoms with Crippen molar-refractivity contribution in [3.05, 3.63) is 65.3 Å². The van der Waals surface area contributed by atoms with Crippen LogP contribution in [0.2, 0.25) is 0 Å². The van der Waals surface area contributed by atoms with E-state index in [0.29, 0.717) is 17.1 Å². The number of methoxy groups -OCH3 is 1. The van der Waals surface area contributed by atoms with E-state index in [1.165, 1.54) is 19.4 Å². The first-order chi connectivity index (χ1) is 15.0. The molecule has 160 valence electrons. The average molecular weight is 425 g/mol. The molecule has 2 aromatic heterocycles. The van der Waals surface area contributed by atoms with E-state index in [4.69, 9.17) is 18.3 Å². The first kappa shape index (κ1) is 20.5. The molecule has 0 fully saturated rings. The number of para-hydroxylation sites is 1. The van der Waals surface area contributed by atoms with E-state index in [0.717, 1.165) is 16.5 Å². The zero-order valence-corrected chi connectivity index (χ0v) is 17.2. The fraction of sp³-hybridized carbons (Fsp3) is 0.217. The van der Waals surface area contributed by atoms with Crippen LogP contribution in [0.25, 0.3) is 22.6 Å². The summed E-state index contributed by atoms with van der Waals surface area (Å²) in [6.45, 7) is 4.12. The second-order valence-electron chi connectivity index (χ2n) is 6.87. The van der Waals surface area contributed by atoms with Crippen LogP contribution >= 0.6 is 0 Å². The number of hydrogen-bond donors (Lipinski definition) is 0. The molecule has 0 N–H and O–H groups in total. The van der Waals surface area contributed by atoms with Crippen molar-refractivity contribution in [2.75, 3.05) is 20.3 Å². The van der Waals surface area contributed by atoms with E-state index in [9.17, 15) is 9.18 Å². The van der Waals surface area contributed by atoms with Gasteiger partial charge in [-0.15, -0.1) is 0 Å². The number of esters is 1. The summed E-state index contributed by atoms with van der Waals surface area (Å²) in [6, 6.07) is 10.2. The number of furan rings is 1. The largest absolute Gasteiger partial charge is 0.490 e. The lowest BCUT2D eigenvalue weighted by Gasteiger charge is -2.12. The van der Waals surface area contributed by atoms with Gasteiger partial charge in [-0.05, 0) is 49.2 Å². The highest BCUT2D eigenvalue weighted by Gasteiger charge is 2.17. The highest BCUT2D eigenvalue weighted by atomic mass is 19.1. The number of halogens is 1. The topological polar surface area (TPSA) is 83.9 Å². The summed E-state index contributed by atoms with van der Waals surface area (Å²) in [5.74, 6) is 0.402. The van der Waals surface area contributed by atoms with Crippen LogP contribution < -0.4 is 9.47 Å². The number of benzene rings is 2. The minimum absolute atomic E-state index is 0.0109. The number of ether oxygens (including phenoxy) is 3. The summed E-state index contributed by atoms with van der Waals surface area (Å²) < 4.78 is 41.0. The molecular formula is C23H20FNO6. The van der Waals surface area contributed by atoms with Crippen LogP contribution in [-0.2, 0) is 4.74 Å². The first-order valence-electron chi connectivity index (χ1n) is 9.55. The highest BCUT2D eigenvalue weighted by molar-refractivity contribution is 5.87. The van der Waals surface area contributed by atoms with Gasteiger partial charge in [0.05, 0.1) is 13.3 Å². The lowest BCUT2D eigenvalue weighted by molar-refractivity contribution is 0.0566. The number of hydrogen-bond acceptors (Lipinski definition) is 7. The van der Waals surface area contributed by atoms with Gasteiger partial charge in [-0.2, -0.15) is 0 Å². The maximum atomic E-state index is 13.8. The maximum Gasteiger partial charge on any atom is 0.375 e. The molecule has 31 heavy (non-hydrogen) atoms. The number of aromatic nitrogens is 1. The molecule has 0 saturated heterocycles. The zero-order chi connectivity index (χ0) is 22.0. The van der Waals surface area contributed by atoms with Crippen LogP contribution in [0.4, 0.5) is 4.39 Å². The number of fused-ring (bicyclic) bond motifs is 1. The lowest BCUT2D eigenvalue weighted by atomic mass is 10.1. The molecule has 0 atom stereocenters. The number of rotatable bonds is 7. The van der Waals surface area contributed by atoms with E-state index >= 15 is 0 Å². The van der Waals surface area contributed by atoms with Crippen molar-refractivity contribution in [2.45, 2.75) is 13.8 Å². The third-order valence-electron chi connectivity index (χ3n) is 4.67. The highest BCUT2D eigenvalue weighted by Crippen LogP contribution is 2.32. The summed E-state index contributed by atoms with van der Waals surface area (Å²) in [7, 11) is 1.26. The lowest BCUT2D eigenvalue weighted by Crippen LogP contribution is -2.11. The van der Waals surface area contributed by atoms with Gasteiger partial charge in [0.15, 0.2) is 17.3 Å². The normalized spacial score (nSPS) is 11.0. The predicted molar refractivity (Wildman–Crippen MR) is 110 cm³/mol. The van der Waals surface area contributed by atoms with Gasteiger partial charge in [0.2, 0.25) is 5.76 Å². The van der Waals surface area contributed by atoms with Gasteiger partial charge in [-0.1, -0.05) is 12.1 Å². The van der Waals surface area contributed by atoms with E-state index in [-0.39, 0.29) is 30.6 Å². The second-order valence-corrected chi connectivity index (χ2v) is 6.87. The van der Waals surface area contributed by atoms with Gasteiger partial charge in [-0.25, -0.2) is 14.2 Å². The molecule has 4 aromatic rings. The summed E-state index contributed by atoms with van der Waals surface area (Å²) >= 11 is 0. The Kier molecular flexibility index (Phi) is 5.62. The van der Waals surface area contributed by atoms with Gasteiger partial charge in [0.25, 0.3) is 5.89 Å². The second kappa shape index (κ2) is 8.51. The van der Waals surface area contributed by atoms with Crippen molar-refractivity contribution < 1.29 is 32.2 Å². The SMILES string of the molecule is COC(=O)c1cnc(-c2cc3cc(OCCOc4c(C)cccc4F)c(C)cc3o2)o1. The molecule has 7 nitrogen and oxygen atoms in total. The molecule has 0 spiro atoms. The van der Waals surface area contributed by atoms with Crippen LogP contribution in [-0.4, -0.2) is 31.3 Å². The van der Waals surface area contributed by atoms with Crippen molar-refractivity contribution in [1.82, 2.24) is 4.98 Å². The van der Waals surface area contributed by atoms with Gasteiger partial charge in [0, 0.05) is 5.39 Å². The molecule has 0 bridgehead atoms. The van der Waals surface area contributed by atoms with Gasteiger partial charge in [0.1, 0.15) is 24.5 Å². The molecule has 0 unspecified atom stereocenters. The minimum atomic E-state index is -0.616. The molecular weight excluding hydrogens is 405 g/mol. The van der Waals surface area contributed by atoms with E-state index < -0.39 is 11.8 Å². The van der Waals surface area contributed by atoms with Crippen molar-refractivity contribution in [3.63, 3.8) is 0 Å². The van der Waals surface area contributed by atoms with Crippen LogP contribution in [0.15, 0.2) is 51.4 Å². The van der Waals surface area contributed by atoms with Crippen LogP contribution in [0.1, 0.15) is 21.7 Å². The smallest absolute Gasteiger partial charge is 0.375 e. The van der Waals surface area contributed by atoms with Crippen molar-refractivity contribution in [2.24, 2.45) is 0 Å². The molecule has 0 aliphatic carbocycles. The molecule has 8 heteroatoms. The first-order valence-corrected chi connectivity index (χ1v) is 9.55. The molecule has 0 saturated carbocycles. The Hall–Kier alpha value is -3.81. The van der Waals surface area contributed by atoms with E-state index in [1.54, 1.807) is 25.1 Å². The molecule has 2 aromatic carbocycles. The molecule has 0 aliphatic heterocycles. The fourth-order valence-corrected chi connectivity index (χ4v) is 3.11. The summed E-state index contributed by atoms with van der Waals surface area (Å²) in [5.41, 5.74) is 2.21. The maximum absolute atomic E-state index is 13.8. The summed E-state index contributed by atoms with van der Waals surface area (Å²) in [5, 5.41) is 0.777. The molecule has 0 aliphatic rings. The average Bonchev–Trinajstić information content (AvgIpc) is 3.39. The molecule has 0 radical (unpaired) electrons. The number of carbonyl (C=O) groups is 1. The van der Waals surface area contributed by atoms with Crippen molar-refractivity contribution in [1.29, 1.82) is 0 Å². The predicted octanol–water partition coefficient (Wildman–Crippen LogP) is 5.09. The number of aryl methyl sites for hydroxylation is 2. The number of oxazole rings is 1. The fourth-order valence-electron chi connectivity index (χ4n) is 3.11. The van der Waals surface area contributed by atoms with Crippen LogP contribution in [0, 0.1) is 19.7 Å². The number of nitrogens with zero attached hydrogens (tertiary/aromatic N) is 1. The van der Waals surface area contributed by atoms with Crippen molar-refractivity contribution in [3.8, 4) is 23.1 Å². The quantitative estimate of drug-likeness (QED) is 0.301. The standard InChI is InChI=1S/C23H20FNO6/c1-13-5-4-6-16(24)21(13)29-8-7-28-17-10-15-11-19(30-18(15)9-14(17)2)22-25-12-20(31-22)23(26)27-3/h4-6,9-12H,7-8H2,1-3H3. The zero-order valence-electron chi connectivity index (χ0n) is 17.2. The Morgan fingerprint density at radius 2 is 1.87 bits per heavy atom. The molecule has 0 amide bonds. The Bertz CT molecular complexity index is 1220. The summed E-state index contributed by atoms with van der Waals surface area (Å²) in [4.78, 5) is 15.6. The van der Waals surface area contributed by atoms with Gasteiger partial charge in [-0.3, -0.25) is 0 Å².